The van der Waals surface area contributed by atoms with Crippen molar-refractivity contribution >= 4 is 21.7 Å². The predicted octanol–water partition coefficient (Wildman–Crippen LogP) is 4.08. The minimum Gasteiger partial charge on any atom is -0.384 e. The molecular formula is C16H13BrFN3. The molecule has 21 heavy (non-hydrogen) atoms. The lowest BCUT2D eigenvalue weighted by atomic mass is 10.1. The maximum Gasteiger partial charge on any atom is 0.132 e. The summed E-state index contributed by atoms with van der Waals surface area (Å²) in [5, 5.41) is 4.40. The molecule has 0 radical (unpaired) electrons. The van der Waals surface area contributed by atoms with Gasteiger partial charge >= 0.3 is 0 Å². The Hall–Kier alpha value is -2.14. The van der Waals surface area contributed by atoms with E-state index in [9.17, 15) is 4.39 Å². The van der Waals surface area contributed by atoms with E-state index in [4.69, 9.17) is 5.73 Å². The van der Waals surface area contributed by atoms with E-state index in [2.05, 4.69) is 21.0 Å². The summed E-state index contributed by atoms with van der Waals surface area (Å²) >= 11 is 3.40. The van der Waals surface area contributed by atoms with E-state index in [1.807, 2.05) is 24.3 Å². The van der Waals surface area contributed by atoms with Gasteiger partial charge in [0, 0.05) is 16.1 Å². The molecule has 5 heteroatoms. The molecule has 0 aliphatic rings. The second-order valence-corrected chi connectivity index (χ2v) is 5.63. The van der Waals surface area contributed by atoms with Crippen LogP contribution in [0.1, 0.15) is 5.56 Å². The highest BCUT2D eigenvalue weighted by Gasteiger charge is 2.11. The number of hydrogen-bond donors (Lipinski definition) is 1. The van der Waals surface area contributed by atoms with E-state index in [0.29, 0.717) is 23.6 Å². The van der Waals surface area contributed by atoms with Crippen LogP contribution >= 0.6 is 15.9 Å². The lowest BCUT2D eigenvalue weighted by Crippen LogP contribution is -2.05. The average molecular weight is 346 g/mol. The summed E-state index contributed by atoms with van der Waals surface area (Å²) in [6, 6.07) is 16.2. The smallest absolute Gasteiger partial charge is 0.132 e. The molecule has 3 aromatic rings. The Labute approximate surface area is 130 Å². The Morgan fingerprint density at radius 3 is 2.52 bits per heavy atom. The highest BCUT2D eigenvalue weighted by Crippen LogP contribution is 2.23. The van der Waals surface area contributed by atoms with Crippen molar-refractivity contribution in [3.8, 4) is 11.3 Å². The predicted molar refractivity (Wildman–Crippen MR) is 85.3 cm³/mol. The quantitative estimate of drug-likeness (QED) is 0.777. The van der Waals surface area contributed by atoms with Gasteiger partial charge in [-0.15, -0.1) is 0 Å². The van der Waals surface area contributed by atoms with Gasteiger partial charge in [-0.25, -0.2) is 9.07 Å². The lowest BCUT2D eigenvalue weighted by Gasteiger charge is -2.04. The van der Waals surface area contributed by atoms with Crippen LogP contribution in [0.15, 0.2) is 59.1 Å². The first kappa shape index (κ1) is 13.8. The third kappa shape index (κ3) is 2.97. The van der Waals surface area contributed by atoms with Crippen molar-refractivity contribution < 1.29 is 4.39 Å². The molecular weight excluding hydrogens is 333 g/mol. The summed E-state index contributed by atoms with van der Waals surface area (Å²) in [7, 11) is 0. The van der Waals surface area contributed by atoms with Crippen LogP contribution in [0.3, 0.4) is 0 Å². The molecule has 0 bridgehead atoms. The van der Waals surface area contributed by atoms with E-state index in [1.165, 1.54) is 6.07 Å². The number of nitrogens with two attached hydrogens (primary N) is 1. The van der Waals surface area contributed by atoms with Gasteiger partial charge < -0.3 is 5.73 Å². The molecule has 0 aliphatic carbocycles. The molecule has 0 saturated carbocycles. The Morgan fingerprint density at radius 2 is 1.81 bits per heavy atom. The summed E-state index contributed by atoms with van der Waals surface area (Å²) in [5.74, 6) is 0.210. The fourth-order valence-electron chi connectivity index (χ4n) is 2.12. The van der Waals surface area contributed by atoms with Crippen molar-refractivity contribution in [3.63, 3.8) is 0 Å². The van der Waals surface area contributed by atoms with Crippen molar-refractivity contribution in [2.45, 2.75) is 6.54 Å². The van der Waals surface area contributed by atoms with Crippen LogP contribution in [0.2, 0.25) is 0 Å². The summed E-state index contributed by atoms with van der Waals surface area (Å²) in [4.78, 5) is 0. The summed E-state index contributed by atoms with van der Waals surface area (Å²) in [6.07, 6.45) is 0. The monoisotopic (exact) mass is 345 g/mol. The van der Waals surface area contributed by atoms with Gasteiger partial charge in [-0.2, -0.15) is 5.10 Å². The van der Waals surface area contributed by atoms with E-state index >= 15 is 0 Å². The molecule has 2 aromatic carbocycles. The van der Waals surface area contributed by atoms with Crippen molar-refractivity contribution in [2.75, 3.05) is 5.73 Å². The standard InChI is InChI=1S/C16H13BrFN3/c17-12-7-5-11(6-8-12)10-21-16(19)9-15(20-21)13-3-1-2-4-14(13)18/h1-9H,10,19H2. The van der Waals surface area contributed by atoms with E-state index < -0.39 is 0 Å². The van der Waals surface area contributed by atoms with Crippen LogP contribution in [-0.2, 0) is 6.54 Å². The maximum absolute atomic E-state index is 13.8. The van der Waals surface area contributed by atoms with Gasteiger partial charge in [0.1, 0.15) is 11.6 Å². The molecule has 0 spiro atoms. The molecule has 106 valence electrons. The fourth-order valence-corrected chi connectivity index (χ4v) is 2.39. The zero-order valence-corrected chi connectivity index (χ0v) is 12.7. The highest BCUT2D eigenvalue weighted by atomic mass is 79.9. The van der Waals surface area contributed by atoms with Gasteiger partial charge in [0.15, 0.2) is 0 Å². The first-order chi connectivity index (χ1) is 10.1. The molecule has 0 amide bonds. The normalized spacial score (nSPS) is 10.8. The third-order valence-corrected chi connectivity index (χ3v) is 3.74. The van der Waals surface area contributed by atoms with Crippen LogP contribution < -0.4 is 5.73 Å². The van der Waals surface area contributed by atoms with Crippen molar-refractivity contribution in [1.29, 1.82) is 0 Å². The Kier molecular flexibility index (Phi) is 3.75. The Balaban J connectivity index is 1.91. The molecule has 0 saturated heterocycles. The molecule has 1 aromatic heterocycles. The van der Waals surface area contributed by atoms with Crippen molar-refractivity contribution in [2.24, 2.45) is 0 Å². The van der Waals surface area contributed by atoms with E-state index in [1.54, 1.807) is 28.9 Å². The number of hydrogen-bond acceptors (Lipinski definition) is 2. The van der Waals surface area contributed by atoms with Gasteiger partial charge in [0.25, 0.3) is 0 Å². The van der Waals surface area contributed by atoms with Crippen LogP contribution in [0.5, 0.6) is 0 Å². The van der Waals surface area contributed by atoms with Crippen molar-refractivity contribution in [1.82, 2.24) is 9.78 Å². The zero-order chi connectivity index (χ0) is 14.8. The summed E-state index contributed by atoms with van der Waals surface area (Å²) in [6.45, 7) is 0.549. The zero-order valence-electron chi connectivity index (χ0n) is 11.1. The van der Waals surface area contributed by atoms with Crippen LogP contribution in [0.4, 0.5) is 10.2 Å². The van der Waals surface area contributed by atoms with Crippen LogP contribution in [0, 0.1) is 5.82 Å². The molecule has 0 unspecified atom stereocenters. The van der Waals surface area contributed by atoms with Crippen LogP contribution in [0.25, 0.3) is 11.3 Å². The molecule has 1 heterocycles. The Bertz CT molecular complexity index is 765. The third-order valence-electron chi connectivity index (χ3n) is 3.21. The lowest BCUT2D eigenvalue weighted by molar-refractivity contribution is 0.629. The van der Waals surface area contributed by atoms with Gasteiger partial charge in [-0.1, -0.05) is 40.2 Å². The van der Waals surface area contributed by atoms with E-state index in [0.717, 1.165) is 10.0 Å². The SMILES string of the molecule is Nc1cc(-c2ccccc2F)nn1Cc1ccc(Br)cc1. The highest BCUT2D eigenvalue weighted by molar-refractivity contribution is 9.10. The number of rotatable bonds is 3. The second-order valence-electron chi connectivity index (χ2n) is 4.72. The summed E-state index contributed by atoms with van der Waals surface area (Å²) in [5.41, 5.74) is 8.05. The van der Waals surface area contributed by atoms with Gasteiger partial charge in [-0.05, 0) is 29.8 Å². The van der Waals surface area contributed by atoms with E-state index in [-0.39, 0.29) is 5.82 Å². The first-order valence-corrected chi connectivity index (χ1v) is 7.25. The minimum absolute atomic E-state index is 0.300. The molecule has 0 atom stereocenters. The number of nitrogen functional groups attached to an aromatic ring is 1. The molecule has 0 aliphatic heterocycles. The maximum atomic E-state index is 13.8. The number of halogens is 2. The first-order valence-electron chi connectivity index (χ1n) is 6.46. The Morgan fingerprint density at radius 1 is 1.10 bits per heavy atom. The summed E-state index contributed by atoms with van der Waals surface area (Å²) < 4.78 is 16.5. The average Bonchev–Trinajstić information content (AvgIpc) is 2.83. The number of benzene rings is 2. The minimum atomic E-state index is -0.300. The van der Waals surface area contributed by atoms with Gasteiger partial charge in [-0.3, -0.25) is 0 Å². The van der Waals surface area contributed by atoms with Crippen LogP contribution in [-0.4, -0.2) is 9.78 Å². The number of nitrogens with zero attached hydrogens (tertiary/aromatic N) is 2. The molecule has 3 nitrogen and oxygen atoms in total. The molecule has 2 N–H and O–H groups in total. The second kappa shape index (κ2) is 5.69. The fraction of sp³-hybridized carbons (Fsp3) is 0.0625. The molecule has 3 rings (SSSR count). The van der Waals surface area contributed by atoms with Crippen molar-refractivity contribution in [3.05, 3.63) is 70.5 Å². The largest absolute Gasteiger partial charge is 0.384 e. The van der Waals surface area contributed by atoms with Gasteiger partial charge in [0.05, 0.1) is 12.2 Å². The molecule has 0 fully saturated rings. The van der Waals surface area contributed by atoms with Gasteiger partial charge in [0.2, 0.25) is 0 Å². The topological polar surface area (TPSA) is 43.8 Å². The number of anilines is 1. The number of aromatic nitrogens is 2.